The van der Waals surface area contributed by atoms with Crippen LogP contribution >= 0.6 is 11.6 Å². The molecule has 0 aromatic heterocycles. The van der Waals surface area contributed by atoms with Crippen LogP contribution in [0.3, 0.4) is 0 Å². The molecule has 0 spiro atoms. The Bertz CT molecular complexity index is 404. The number of hydrogen-bond acceptors (Lipinski definition) is 2. The maximum atomic E-state index is 11.8. The number of hydrogen-bond donors (Lipinski definition) is 2. The first kappa shape index (κ1) is 14.0. The van der Waals surface area contributed by atoms with Gasteiger partial charge in [-0.1, -0.05) is 31.5 Å². The molecule has 1 aromatic rings. The van der Waals surface area contributed by atoms with Crippen molar-refractivity contribution in [1.29, 1.82) is 0 Å². The third-order valence-corrected chi connectivity index (χ3v) is 2.92. The van der Waals surface area contributed by atoms with Gasteiger partial charge in [0.05, 0.1) is 16.7 Å². The van der Waals surface area contributed by atoms with E-state index in [1.54, 1.807) is 12.1 Å². The molecule has 17 heavy (non-hydrogen) atoms. The highest BCUT2D eigenvalue weighted by Crippen LogP contribution is 2.17. The van der Waals surface area contributed by atoms with Crippen LogP contribution in [-0.4, -0.2) is 23.7 Å². The van der Waals surface area contributed by atoms with Crippen LogP contribution in [0.25, 0.3) is 0 Å². The first-order valence-electron chi connectivity index (χ1n) is 5.64. The zero-order valence-corrected chi connectivity index (χ0v) is 11.1. The van der Waals surface area contributed by atoms with E-state index in [9.17, 15) is 9.90 Å². The van der Waals surface area contributed by atoms with Gasteiger partial charge in [-0.25, -0.2) is 0 Å². The average Bonchev–Trinajstić information content (AvgIpc) is 2.25. The third-order valence-electron chi connectivity index (χ3n) is 2.61. The summed E-state index contributed by atoms with van der Waals surface area (Å²) in [6, 6.07) is 5.27. The lowest BCUT2D eigenvalue weighted by atomic mass is 10.1. The molecular weight excluding hydrogens is 238 g/mol. The van der Waals surface area contributed by atoms with Crippen LogP contribution in [0.15, 0.2) is 18.2 Å². The normalized spacial score (nSPS) is 12.6. The van der Waals surface area contributed by atoms with Crippen LogP contribution in [-0.2, 0) is 0 Å². The van der Waals surface area contributed by atoms with Gasteiger partial charge in [-0.2, -0.15) is 0 Å². The Morgan fingerprint density at radius 3 is 2.65 bits per heavy atom. The van der Waals surface area contributed by atoms with E-state index in [0.29, 0.717) is 10.6 Å². The number of rotatable bonds is 4. The fourth-order valence-electron chi connectivity index (χ4n) is 1.33. The maximum absolute atomic E-state index is 11.8. The summed E-state index contributed by atoms with van der Waals surface area (Å²) < 4.78 is 0. The molecule has 3 nitrogen and oxygen atoms in total. The molecule has 2 N–H and O–H groups in total. The third kappa shape index (κ3) is 4.02. The van der Waals surface area contributed by atoms with E-state index < -0.39 is 6.10 Å². The summed E-state index contributed by atoms with van der Waals surface area (Å²) >= 11 is 5.98. The van der Waals surface area contributed by atoms with Gasteiger partial charge in [0, 0.05) is 6.54 Å². The fourth-order valence-corrected chi connectivity index (χ4v) is 1.65. The Morgan fingerprint density at radius 1 is 1.47 bits per heavy atom. The highest BCUT2D eigenvalue weighted by atomic mass is 35.5. The quantitative estimate of drug-likeness (QED) is 0.868. The molecule has 1 unspecified atom stereocenters. The lowest BCUT2D eigenvalue weighted by Crippen LogP contribution is -2.34. The molecule has 1 rings (SSSR count). The molecule has 0 aliphatic rings. The van der Waals surface area contributed by atoms with Crippen molar-refractivity contribution >= 4 is 17.5 Å². The molecule has 4 heteroatoms. The fraction of sp³-hybridized carbons (Fsp3) is 0.462. The summed E-state index contributed by atoms with van der Waals surface area (Å²) in [7, 11) is 0. The van der Waals surface area contributed by atoms with Gasteiger partial charge in [0.25, 0.3) is 5.91 Å². The van der Waals surface area contributed by atoms with Crippen LogP contribution in [0.5, 0.6) is 0 Å². The summed E-state index contributed by atoms with van der Waals surface area (Å²) in [5, 5.41) is 12.7. The molecule has 0 fully saturated rings. The van der Waals surface area contributed by atoms with Crippen LogP contribution in [0.2, 0.25) is 5.02 Å². The number of amides is 1. The molecule has 0 aliphatic heterocycles. The zero-order valence-electron chi connectivity index (χ0n) is 10.3. The van der Waals surface area contributed by atoms with Crippen molar-refractivity contribution in [3.63, 3.8) is 0 Å². The van der Waals surface area contributed by atoms with Crippen LogP contribution in [0, 0.1) is 12.8 Å². The second kappa shape index (κ2) is 6.03. The molecule has 0 radical (unpaired) electrons. The Balaban J connectivity index is 2.64. The summed E-state index contributed by atoms with van der Waals surface area (Å²) in [5.41, 5.74) is 1.45. The van der Waals surface area contributed by atoms with Crippen molar-refractivity contribution in [1.82, 2.24) is 5.32 Å². The minimum absolute atomic E-state index is 0.115. The number of nitrogens with one attached hydrogen (secondary N) is 1. The second-order valence-corrected chi connectivity index (χ2v) is 4.91. The van der Waals surface area contributed by atoms with Crippen molar-refractivity contribution in [2.75, 3.05) is 6.54 Å². The van der Waals surface area contributed by atoms with Gasteiger partial charge in [-0.15, -0.1) is 0 Å². The minimum atomic E-state index is -0.539. The van der Waals surface area contributed by atoms with Crippen molar-refractivity contribution in [3.8, 4) is 0 Å². The number of aliphatic hydroxyl groups excluding tert-OH is 1. The van der Waals surface area contributed by atoms with Crippen LogP contribution in [0.4, 0.5) is 0 Å². The van der Waals surface area contributed by atoms with Gasteiger partial charge in [0.2, 0.25) is 0 Å². The molecule has 1 aromatic carbocycles. The van der Waals surface area contributed by atoms with Gasteiger partial charge < -0.3 is 10.4 Å². The summed E-state index contributed by atoms with van der Waals surface area (Å²) in [6.07, 6.45) is -0.539. The Hall–Kier alpha value is -1.06. The van der Waals surface area contributed by atoms with Crippen molar-refractivity contribution in [3.05, 3.63) is 34.3 Å². The van der Waals surface area contributed by atoms with Crippen molar-refractivity contribution in [2.45, 2.75) is 26.9 Å². The highest BCUT2D eigenvalue weighted by molar-refractivity contribution is 6.33. The van der Waals surface area contributed by atoms with Gasteiger partial charge >= 0.3 is 0 Å². The molecule has 0 aliphatic carbocycles. The maximum Gasteiger partial charge on any atom is 0.252 e. The highest BCUT2D eigenvalue weighted by Gasteiger charge is 2.13. The van der Waals surface area contributed by atoms with E-state index in [0.717, 1.165) is 5.56 Å². The summed E-state index contributed by atoms with van der Waals surface area (Å²) in [5.74, 6) is -0.140. The van der Waals surface area contributed by atoms with Crippen LogP contribution < -0.4 is 5.32 Å². The molecule has 0 saturated carbocycles. The van der Waals surface area contributed by atoms with Gasteiger partial charge in [0.1, 0.15) is 0 Å². The standard InChI is InChI=1S/C13H18ClNO2/c1-8(2)12(16)7-15-13(17)10-5-4-9(3)6-11(10)14/h4-6,8,12,16H,7H2,1-3H3,(H,15,17). The number of carbonyl (C=O) groups is 1. The number of halogens is 1. The minimum Gasteiger partial charge on any atom is -0.391 e. The van der Waals surface area contributed by atoms with Crippen molar-refractivity contribution < 1.29 is 9.90 Å². The van der Waals surface area contributed by atoms with Crippen LogP contribution in [0.1, 0.15) is 29.8 Å². The zero-order chi connectivity index (χ0) is 13.0. The predicted octanol–water partition coefficient (Wildman–Crippen LogP) is 2.40. The molecular formula is C13H18ClNO2. The first-order valence-corrected chi connectivity index (χ1v) is 6.02. The first-order chi connectivity index (χ1) is 7.91. The molecule has 1 amide bonds. The Labute approximate surface area is 107 Å². The predicted molar refractivity (Wildman–Crippen MR) is 69.4 cm³/mol. The van der Waals surface area contributed by atoms with Crippen molar-refractivity contribution in [2.24, 2.45) is 5.92 Å². The summed E-state index contributed by atoms with van der Waals surface area (Å²) in [6.45, 7) is 5.95. The summed E-state index contributed by atoms with van der Waals surface area (Å²) in [4.78, 5) is 11.8. The average molecular weight is 256 g/mol. The molecule has 0 saturated heterocycles. The molecule has 0 bridgehead atoms. The van der Waals surface area contributed by atoms with Gasteiger partial charge in [0.15, 0.2) is 0 Å². The van der Waals surface area contributed by atoms with E-state index in [-0.39, 0.29) is 18.4 Å². The SMILES string of the molecule is Cc1ccc(C(=O)NCC(O)C(C)C)c(Cl)c1. The topological polar surface area (TPSA) is 49.3 Å². The van der Waals surface area contributed by atoms with Gasteiger partial charge in [-0.3, -0.25) is 4.79 Å². The number of aryl methyl sites for hydroxylation is 1. The lowest BCUT2D eigenvalue weighted by molar-refractivity contribution is 0.0871. The van der Waals surface area contributed by atoms with E-state index >= 15 is 0 Å². The molecule has 0 heterocycles. The largest absolute Gasteiger partial charge is 0.391 e. The Morgan fingerprint density at radius 2 is 2.12 bits per heavy atom. The van der Waals surface area contributed by atoms with E-state index in [2.05, 4.69) is 5.32 Å². The van der Waals surface area contributed by atoms with E-state index in [1.165, 1.54) is 0 Å². The number of benzene rings is 1. The van der Waals surface area contributed by atoms with E-state index in [1.807, 2.05) is 26.8 Å². The Kier molecular flexibility index (Phi) is 4.97. The smallest absolute Gasteiger partial charge is 0.252 e. The van der Waals surface area contributed by atoms with Gasteiger partial charge in [-0.05, 0) is 30.5 Å². The number of carbonyl (C=O) groups excluding carboxylic acids is 1. The molecule has 94 valence electrons. The monoisotopic (exact) mass is 255 g/mol. The molecule has 1 atom stereocenters. The number of aliphatic hydroxyl groups is 1. The van der Waals surface area contributed by atoms with E-state index in [4.69, 9.17) is 11.6 Å². The second-order valence-electron chi connectivity index (χ2n) is 4.50. The lowest BCUT2D eigenvalue weighted by Gasteiger charge is -2.15.